The summed E-state index contributed by atoms with van der Waals surface area (Å²) >= 11 is 0. The van der Waals surface area contributed by atoms with Crippen molar-refractivity contribution in [3.05, 3.63) is 64.8 Å². The van der Waals surface area contributed by atoms with Gasteiger partial charge in [0.1, 0.15) is 0 Å². The van der Waals surface area contributed by atoms with Crippen molar-refractivity contribution < 1.29 is 9.53 Å². The molecule has 1 amide bonds. The van der Waals surface area contributed by atoms with Crippen LogP contribution in [0, 0.1) is 0 Å². The van der Waals surface area contributed by atoms with E-state index in [-0.39, 0.29) is 6.09 Å². The van der Waals surface area contributed by atoms with Gasteiger partial charge < -0.3 is 24.4 Å². The van der Waals surface area contributed by atoms with Gasteiger partial charge in [-0.15, -0.1) is 0 Å². The van der Waals surface area contributed by atoms with Crippen LogP contribution >= 0.6 is 0 Å². The number of carbonyl (C=O) groups is 1. The van der Waals surface area contributed by atoms with Crippen LogP contribution in [0.5, 0.6) is 0 Å². The van der Waals surface area contributed by atoms with E-state index in [2.05, 4.69) is 71.2 Å². The molecule has 0 bridgehead atoms. The molecule has 1 aromatic heterocycles. The molecule has 3 atom stereocenters. The number of carbonyl (C=O) groups excluding carboxylic acids is 1. The summed E-state index contributed by atoms with van der Waals surface area (Å²) < 4.78 is 5.38. The maximum atomic E-state index is 12.6. The number of aromatic amines is 1. The Morgan fingerprint density at radius 3 is 2.76 bits per heavy atom. The number of likely N-dealkylation sites (N-methyl/N-ethyl adjacent to an activating group) is 2. The van der Waals surface area contributed by atoms with Crippen molar-refractivity contribution in [2.45, 2.75) is 63.8 Å². The van der Waals surface area contributed by atoms with E-state index in [4.69, 9.17) is 4.74 Å². The fraction of sp³-hybridized carbons (Fsp3) is 0.531. The van der Waals surface area contributed by atoms with Crippen LogP contribution in [0.15, 0.2) is 42.5 Å². The Hall–Kier alpha value is -2.99. The Labute approximate surface area is 226 Å². The Balaban J connectivity index is 1.37. The van der Waals surface area contributed by atoms with Crippen molar-refractivity contribution in [3.8, 4) is 0 Å². The van der Waals surface area contributed by atoms with Crippen LogP contribution in [-0.2, 0) is 11.2 Å². The van der Waals surface area contributed by atoms with Crippen molar-refractivity contribution in [1.82, 2.24) is 14.8 Å². The number of aromatic nitrogens is 1. The minimum atomic E-state index is -0.183. The second kappa shape index (κ2) is 10.6. The highest BCUT2D eigenvalue weighted by atomic mass is 16.6. The van der Waals surface area contributed by atoms with Crippen LogP contribution in [0.1, 0.15) is 73.8 Å². The number of likely N-dealkylation sites (tertiary alicyclic amines) is 1. The van der Waals surface area contributed by atoms with Crippen molar-refractivity contribution in [2.75, 3.05) is 51.3 Å². The largest absolute Gasteiger partial charge is 0.450 e. The van der Waals surface area contributed by atoms with E-state index < -0.39 is 0 Å². The molecule has 6 rings (SSSR count). The van der Waals surface area contributed by atoms with Gasteiger partial charge in [-0.1, -0.05) is 43.7 Å². The number of piperidine rings is 1. The van der Waals surface area contributed by atoms with Crippen LogP contribution in [-0.4, -0.2) is 73.3 Å². The number of rotatable bonds is 3. The minimum Gasteiger partial charge on any atom is -0.450 e. The van der Waals surface area contributed by atoms with Crippen molar-refractivity contribution >= 4 is 22.7 Å². The number of anilines is 1. The van der Waals surface area contributed by atoms with Crippen molar-refractivity contribution in [1.29, 1.82) is 0 Å². The highest BCUT2D eigenvalue weighted by molar-refractivity contribution is 5.85. The zero-order valence-electron chi connectivity index (χ0n) is 23.2. The first-order valence-electron chi connectivity index (χ1n) is 14.7. The maximum Gasteiger partial charge on any atom is 0.409 e. The molecule has 3 aromatic rings. The maximum absolute atomic E-state index is 12.6. The van der Waals surface area contributed by atoms with E-state index in [0.29, 0.717) is 31.0 Å². The topological polar surface area (TPSA) is 51.8 Å². The third kappa shape index (κ3) is 4.47. The molecular weight excluding hydrogens is 472 g/mol. The summed E-state index contributed by atoms with van der Waals surface area (Å²) in [5, 5.41) is 1.28. The van der Waals surface area contributed by atoms with Gasteiger partial charge in [0, 0.05) is 66.8 Å². The Morgan fingerprint density at radius 1 is 1.05 bits per heavy atom. The van der Waals surface area contributed by atoms with E-state index in [0.717, 1.165) is 45.3 Å². The average Bonchev–Trinajstić information content (AvgIpc) is 3.45. The zero-order chi connectivity index (χ0) is 26.2. The number of amides is 1. The molecular formula is C32H42N4O2. The standard InChI is InChI=1S/C32H42N4O2/c1-4-35-18-15-25-27-20-22(13-14-29(27)34(3)30(25)21-35)23-10-8-9-17-36(32(37)38-5-2)19-16-26-24-11-6-7-12-28(24)33-31(23)26/h6-7,11-14,20,23,25,30,33H,4-5,8-10,15-19,21H2,1-3H3. The average molecular weight is 515 g/mol. The third-order valence-electron chi connectivity index (χ3n) is 9.37. The number of hydrogen-bond donors (Lipinski definition) is 1. The van der Waals surface area contributed by atoms with Crippen LogP contribution in [0.2, 0.25) is 0 Å². The van der Waals surface area contributed by atoms with Crippen LogP contribution in [0.3, 0.4) is 0 Å². The first-order valence-corrected chi connectivity index (χ1v) is 14.7. The van der Waals surface area contributed by atoms with Gasteiger partial charge in [0.05, 0.1) is 6.61 Å². The molecule has 0 spiro atoms. The Morgan fingerprint density at radius 2 is 1.92 bits per heavy atom. The first-order chi connectivity index (χ1) is 18.6. The summed E-state index contributed by atoms with van der Waals surface area (Å²) in [5.74, 6) is 0.953. The van der Waals surface area contributed by atoms with Gasteiger partial charge in [-0.05, 0) is 74.5 Å². The molecule has 3 unspecified atom stereocenters. The van der Waals surface area contributed by atoms with Gasteiger partial charge in [-0.25, -0.2) is 4.79 Å². The van der Waals surface area contributed by atoms with E-state index in [1.807, 2.05) is 11.8 Å². The fourth-order valence-electron chi connectivity index (χ4n) is 7.30. The lowest BCUT2D eigenvalue weighted by Gasteiger charge is -2.37. The van der Waals surface area contributed by atoms with E-state index in [1.54, 1.807) is 5.56 Å². The third-order valence-corrected chi connectivity index (χ3v) is 9.37. The number of benzene rings is 2. The number of fused-ring (bicyclic) bond motifs is 6. The second-order valence-corrected chi connectivity index (χ2v) is 11.3. The Kier molecular flexibility index (Phi) is 7.08. The lowest BCUT2D eigenvalue weighted by atomic mass is 9.83. The molecule has 1 N–H and O–H groups in total. The SMILES string of the molecule is CCOC(=O)N1CCCCC(c2ccc3c(c2)C2CCN(CC)CC2N3C)c2[nH]c3ccccc3c2CC1. The predicted octanol–water partition coefficient (Wildman–Crippen LogP) is 6.11. The van der Waals surface area contributed by atoms with Crippen LogP contribution in [0.4, 0.5) is 10.5 Å². The number of hydrogen-bond acceptors (Lipinski definition) is 4. The first kappa shape index (κ1) is 25.3. The summed E-state index contributed by atoms with van der Waals surface area (Å²) in [6.07, 6.45) is 5.03. The van der Waals surface area contributed by atoms with E-state index in [1.165, 1.54) is 46.4 Å². The summed E-state index contributed by atoms with van der Waals surface area (Å²) in [7, 11) is 2.29. The van der Waals surface area contributed by atoms with Crippen LogP contribution < -0.4 is 4.90 Å². The Bertz CT molecular complexity index is 1300. The highest BCUT2D eigenvalue weighted by Crippen LogP contribution is 2.46. The predicted molar refractivity (Wildman–Crippen MR) is 154 cm³/mol. The molecule has 38 heavy (non-hydrogen) atoms. The minimum absolute atomic E-state index is 0.183. The van der Waals surface area contributed by atoms with E-state index in [9.17, 15) is 4.79 Å². The number of ether oxygens (including phenoxy) is 1. The van der Waals surface area contributed by atoms with Gasteiger partial charge in [-0.2, -0.15) is 0 Å². The van der Waals surface area contributed by atoms with Gasteiger partial charge in [0.2, 0.25) is 0 Å². The fourth-order valence-corrected chi connectivity index (χ4v) is 7.30. The lowest BCUT2D eigenvalue weighted by Crippen LogP contribution is -2.47. The molecule has 0 saturated carbocycles. The zero-order valence-corrected chi connectivity index (χ0v) is 23.2. The molecule has 6 nitrogen and oxygen atoms in total. The molecule has 4 heterocycles. The molecule has 6 heteroatoms. The normalized spacial score (nSPS) is 24.1. The quantitative estimate of drug-likeness (QED) is 0.458. The number of nitrogens with one attached hydrogen (secondary N) is 1. The van der Waals surface area contributed by atoms with Gasteiger partial charge in [0.15, 0.2) is 0 Å². The summed E-state index contributed by atoms with van der Waals surface area (Å²) in [6.45, 7) is 9.52. The highest BCUT2D eigenvalue weighted by Gasteiger charge is 2.40. The summed E-state index contributed by atoms with van der Waals surface area (Å²) in [4.78, 5) is 23.5. The monoisotopic (exact) mass is 514 g/mol. The number of para-hydroxylation sites is 1. The van der Waals surface area contributed by atoms with E-state index >= 15 is 0 Å². The summed E-state index contributed by atoms with van der Waals surface area (Å²) in [6, 6.07) is 16.6. The van der Waals surface area contributed by atoms with Crippen molar-refractivity contribution in [3.63, 3.8) is 0 Å². The van der Waals surface area contributed by atoms with Crippen molar-refractivity contribution in [2.24, 2.45) is 0 Å². The number of nitrogens with zero attached hydrogens (tertiary/aromatic N) is 3. The summed E-state index contributed by atoms with van der Waals surface area (Å²) in [5.41, 5.74) is 8.29. The van der Waals surface area contributed by atoms with Crippen LogP contribution in [0.25, 0.3) is 10.9 Å². The van der Waals surface area contributed by atoms with Gasteiger partial charge in [0.25, 0.3) is 0 Å². The number of H-pyrrole nitrogens is 1. The van der Waals surface area contributed by atoms with Gasteiger partial charge in [-0.3, -0.25) is 0 Å². The lowest BCUT2D eigenvalue weighted by molar-refractivity contribution is 0.106. The molecule has 0 aliphatic carbocycles. The molecule has 1 saturated heterocycles. The molecule has 1 fully saturated rings. The molecule has 0 radical (unpaired) electrons. The molecule has 2 aromatic carbocycles. The second-order valence-electron chi connectivity index (χ2n) is 11.3. The van der Waals surface area contributed by atoms with Gasteiger partial charge >= 0.3 is 6.09 Å². The molecule has 202 valence electrons. The molecule has 3 aliphatic heterocycles. The molecule has 3 aliphatic rings. The smallest absolute Gasteiger partial charge is 0.409 e.